The molecule has 2 N–H and O–H groups in total. The third-order valence-electron chi connectivity index (χ3n) is 6.25. The number of nitrogens with two attached hydrogens (primary N) is 1. The third kappa shape index (κ3) is 3.33. The second kappa shape index (κ2) is 6.13. The minimum absolute atomic E-state index is 0.416. The molecule has 0 spiro atoms. The van der Waals surface area contributed by atoms with Crippen LogP contribution in [0.25, 0.3) is 0 Å². The molecule has 4 atom stereocenters. The molecule has 2 rings (SSSR count). The quantitative estimate of drug-likeness (QED) is 0.841. The monoisotopic (exact) mass is 266 g/mol. The molecule has 1 aliphatic carbocycles. The summed E-state index contributed by atoms with van der Waals surface area (Å²) in [4.78, 5) is 2.72. The summed E-state index contributed by atoms with van der Waals surface area (Å²) in [5.41, 5.74) is 6.94. The Labute approximate surface area is 120 Å². The van der Waals surface area contributed by atoms with Gasteiger partial charge in [-0.05, 0) is 49.5 Å². The van der Waals surface area contributed by atoms with Gasteiger partial charge < -0.3 is 5.73 Å². The Kier molecular flexibility index (Phi) is 4.94. The Morgan fingerprint density at radius 2 is 1.89 bits per heavy atom. The Bertz CT molecular complexity index is 287. The zero-order valence-electron chi connectivity index (χ0n) is 13.5. The lowest BCUT2D eigenvalue weighted by atomic mass is 9.67. The summed E-state index contributed by atoms with van der Waals surface area (Å²) < 4.78 is 0. The first-order valence-electron chi connectivity index (χ1n) is 8.47. The lowest BCUT2D eigenvalue weighted by Gasteiger charge is -2.45. The van der Waals surface area contributed by atoms with Gasteiger partial charge in [-0.15, -0.1) is 0 Å². The summed E-state index contributed by atoms with van der Waals surface area (Å²) in [7, 11) is 0. The van der Waals surface area contributed by atoms with Gasteiger partial charge in [0, 0.05) is 18.6 Å². The maximum Gasteiger partial charge on any atom is 0.0250 e. The van der Waals surface area contributed by atoms with Crippen LogP contribution in [0.1, 0.15) is 66.2 Å². The van der Waals surface area contributed by atoms with E-state index in [1.54, 1.807) is 0 Å². The molecule has 0 bridgehead atoms. The number of likely N-dealkylation sites (tertiary alicyclic amines) is 1. The molecular weight excluding hydrogens is 232 g/mol. The fourth-order valence-electron chi connectivity index (χ4n) is 4.09. The van der Waals surface area contributed by atoms with Crippen molar-refractivity contribution in [1.82, 2.24) is 4.90 Å². The van der Waals surface area contributed by atoms with Gasteiger partial charge in [0.25, 0.3) is 0 Å². The van der Waals surface area contributed by atoms with Gasteiger partial charge in [0.15, 0.2) is 0 Å². The van der Waals surface area contributed by atoms with Crippen LogP contribution in [-0.2, 0) is 0 Å². The molecule has 0 radical (unpaired) electrons. The predicted octanol–water partition coefficient (Wildman–Crippen LogP) is 3.65. The Morgan fingerprint density at radius 3 is 2.47 bits per heavy atom. The third-order valence-corrected chi connectivity index (χ3v) is 6.25. The van der Waals surface area contributed by atoms with E-state index in [4.69, 9.17) is 5.73 Å². The smallest absolute Gasteiger partial charge is 0.0250 e. The van der Waals surface area contributed by atoms with Crippen molar-refractivity contribution >= 4 is 0 Å². The molecule has 112 valence electrons. The molecule has 1 saturated carbocycles. The molecule has 4 unspecified atom stereocenters. The van der Waals surface area contributed by atoms with Crippen LogP contribution in [-0.4, -0.2) is 30.1 Å². The van der Waals surface area contributed by atoms with Crippen molar-refractivity contribution in [2.24, 2.45) is 23.0 Å². The topological polar surface area (TPSA) is 29.3 Å². The summed E-state index contributed by atoms with van der Waals surface area (Å²) >= 11 is 0. The molecule has 0 aromatic rings. The van der Waals surface area contributed by atoms with E-state index in [2.05, 4.69) is 32.6 Å². The molecule has 0 aromatic heterocycles. The van der Waals surface area contributed by atoms with Gasteiger partial charge >= 0.3 is 0 Å². The van der Waals surface area contributed by atoms with Crippen LogP contribution in [0.15, 0.2) is 0 Å². The molecule has 1 aliphatic heterocycles. The Morgan fingerprint density at radius 1 is 1.16 bits per heavy atom. The van der Waals surface area contributed by atoms with Gasteiger partial charge in [0.2, 0.25) is 0 Å². The number of hydrogen-bond acceptors (Lipinski definition) is 2. The first-order valence-corrected chi connectivity index (χ1v) is 8.47. The molecule has 1 heterocycles. The molecule has 2 heteroatoms. The molecule has 2 nitrogen and oxygen atoms in total. The van der Waals surface area contributed by atoms with E-state index in [0.717, 1.165) is 11.8 Å². The summed E-state index contributed by atoms with van der Waals surface area (Å²) in [6.07, 6.45) is 7.91. The van der Waals surface area contributed by atoms with E-state index >= 15 is 0 Å². The van der Waals surface area contributed by atoms with Gasteiger partial charge in [-0.3, -0.25) is 4.90 Å². The molecule has 1 saturated heterocycles. The number of hydrogen-bond donors (Lipinski definition) is 1. The highest BCUT2D eigenvalue weighted by molar-refractivity contribution is 4.95. The van der Waals surface area contributed by atoms with Crippen molar-refractivity contribution in [1.29, 1.82) is 0 Å². The van der Waals surface area contributed by atoms with Crippen LogP contribution in [0.5, 0.6) is 0 Å². The summed E-state index contributed by atoms with van der Waals surface area (Å²) in [5.74, 6) is 1.79. The van der Waals surface area contributed by atoms with Crippen molar-refractivity contribution in [3.05, 3.63) is 0 Å². The highest BCUT2D eigenvalue weighted by Crippen LogP contribution is 2.42. The maximum absolute atomic E-state index is 6.45. The molecular formula is C17H34N2. The van der Waals surface area contributed by atoms with E-state index in [0.29, 0.717) is 17.5 Å². The van der Waals surface area contributed by atoms with E-state index in [1.165, 1.54) is 51.6 Å². The molecule has 0 amide bonds. The lowest BCUT2D eigenvalue weighted by molar-refractivity contribution is 0.0701. The minimum atomic E-state index is 0.416. The van der Waals surface area contributed by atoms with Gasteiger partial charge in [0.1, 0.15) is 0 Å². The summed E-state index contributed by atoms with van der Waals surface area (Å²) in [6.45, 7) is 12.2. The molecule has 19 heavy (non-hydrogen) atoms. The van der Waals surface area contributed by atoms with Crippen molar-refractivity contribution < 1.29 is 0 Å². The van der Waals surface area contributed by atoms with Crippen LogP contribution in [0, 0.1) is 17.3 Å². The second-order valence-electron chi connectivity index (χ2n) is 7.64. The highest BCUT2D eigenvalue weighted by Gasteiger charge is 2.39. The fourth-order valence-corrected chi connectivity index (χ4v) is 4.09. The van der Waals surface area contributed by atoms with E-state index < -0.39 is 0 Å². The van der Waals surface area contributed by atoms with Crippen LogP contribution in [0.2, 0.25) is 0 Å². The van der Waals surface area contributed by atoms with Crippen LogP contribution in [0.3, 0.4) is 0 Å². The average Bonchev–Trinajstić information content (AvgIpc) is 2.87. The first-order chi connectivity index (χ1) is 8.97. The zero-order chi connectivity index (χ0) is 14.0. The summed E-state index contributed by atoms with van der Waals surface area (Å²) in [6, 6.07) is 1.07. The highest BCUT2D eigenvalue weighted by atomic mass is 15.2. The van der Waals surface area contributed by atoms with Gasteiger partial charge in [-0.25, -0.2) is 0 Å². The van der Waals surface area contributed by atoms with Gasteiger partial charge in [0.05, 0.1) is 0 Å². The Balaban J connectivity index is 1.99. The minimum Gasteiger partial charge on any atom is -0.326 e. The summed E-state index contributed by atoms with van der Waals surface area (Å²) in [5, 5.41) is 0. The van der Waals surface area contributed by atoms with Crippen molar-refractivity contribution in [2.75, 3.05) is 13.1 Å². The first kappa shape index (κ1) is 15.3. The van der Waals surface area contributed by atoms with Gasteiger partial charge in [-0.2, -0.15) is 0 Å². The van der Waals surface area contributed by atoms with Crippen LogP contribution < -0.4 is 5.73 Å². The van der Waals surface area contributed by atoms with Crippen molar-refractivity contribution in [3.8, 4) is 0 Å². The maximum atomic E-state index is 6.45. The second-order valence-corrected chi connectivity index (χ2v) is 7.64. The normalized spacial score (nSPS) is 37.7. The molecule has 2 fully saturated rings. The average molecular weight is 266 g/mol. The van der Waals surface area contributed by atoms with Crippen molar-refractivity contribution in [2.45, 2.75) is 78.3 Å². The molecule has 0 aromatic carbocycles. The lowest BCUT2D eigenvalue weighted by Crippen LogP contribution is -2.52. The number of nitrogens with zero attached hydrogens (tertiary/aromatic N) is 1. The Hall–Kier alpha value is -0.0800. The standard InChI is InChI=1S/C17H34N2/c1-5-13-9-10-19(12-13)16-11-14(7-8-15(16)18)17(3,4)6-2/h13-16H,5-12,18H2,1-4H3. The molecule has 2 aliphatic rings. The van der Waals surface area contributed by atoms with Crippen LogP contribution >= 0.6 is 0 Å². The number of rotatable bonds is 4. The SMILES string of the molecule is CCC1CCN(C2CC(C(C)(C)CC)CCC2N)C1. The van der Waals surface area contributed by atoms with Crippen LogP contribution in [0.4, 0.5) is 0 Å². The van der Waals surface area contributed by atoms with Crippen molar-refractivity contribution in [3.63, 3.8) is 0 Å². The van der Waals surface area contributed by atoms with E-state index in [1.807, 2.05) is 0 Å². The van der Waals surface area contributed by atoms with E-state index in [-0.39, 0.29) is 0 Å². The zero-order valence-corrected chi connectivity index (χ0v) is 13.5. The predicted molar refractivity (Wildman–Crippen MR) is 83.1 cm³/mol. The largest absolute Gasteiger partial charge is 0.326 e. The van der Waals surface area contributed by atoms with Gasteiger partial charge in [-0.1, -0.05) is 40.5 Å². The van der Waals surface area contributed by atoms with E-state index in [9.17, 15) is 0 Å². The fraction of sp³-hybridized carbons (Fsp3) is 1.00.